The predicted molar refractivity (Wildman–Crippen MR) is 72.4 cm³/mol. The lowest BCUT2D eigenvalue weighted by atomic mass is 10.1. The van der Waals surface area contributed by atoms with Gasteiger partial charge < -0.3 is 9.64 Å². The molecule has 1 saturated carbocycles. The van der Waals surface area contributed by atoms with Crippen LogP contribution in [0.3, 0.4) is 0 Å². The quantitative estimate of drug-likeness (QED) is 0.749. The third-order valence-electron chi connectivity index (χ3n) is 3.10. The van der Waals surface area contributed by atoms with E-state index in [0.29, 0.717) is 6.54 Å². The normalized spacial score (nSPS) is 21.1. The van der Waals surface area contributed by atoms with Crippen molar-refractivity contribution < 1.29 is 9.53 Å². The zero-order valence-corrected chi connectivity index (χ0v) is 11.6. The summed E-state index contributed by atoms with van der Waals surface area (Å²) in [4.78, 5) is 13.6. The molecule has 18 heavy (non-hydrogen) atoms. The van der Waals surface area contributed by atoms with Crippen molar-refractivity contribution in [2.45, 2.75) is 45.6 Å². The van der Waals surface area contributed by atoms with E-state index >= 15 is 0 Å². The van der Waals surface area contributed by atoms with E-state index in [1.807, 2.05) is 20.8 Å². The molecule has 2 aliphatic rings. The van der Waals surface area contributed by atoms with Crippen molar-refractivity contribution in [3.05, 3.63) is 23.8 Å². The van der Waals surface area contributed by atoms with Crippen LogP contribution in [0.25, 0.3) is 0 Å². The molecule has 0 unspecified atom stereocenters. The summed E-state index contributed by atoms with van der Waals surface area (Å²) in [5.74, 6) is 0.815. The summed E-state index contributed by atoms with van der Waals surface area (Å²) in [6, 6.07) is 0. The number of hydrogen-bond donors (Lipinski definition) is 0. The van der Waals surface area contributed by atoms with Crippen molar-refractivity contribution in [1.29, 1.82) is 0 Å². The molecule has 0 atom stereocenters. The highest BCUT2D eigenvalue weighted by Gasteiger charge is 2.23. The first-order valence-corrected chi connectivity index (χ1v) is 6.79. The average molecular weight is 249 g/mol. The Hall–Kier alpha value is -1.25. The number of amides is 1. The molecule has 0 aromatic rings. The van der Waals surface area contributed by atoms with Crippen LogP contribution in [0.1, 0.15) is 40.0 Å². The SMILES string of the molecule is CC(C)(C)OC(=O)N1CC=C(C=CC2CC2)CC1. The van der Waals surface area contributed by atoms with E-state index in [0.717, 1.165) is 18.9 Å². The second-order valence-electron chi connectivity index (χ2n) is 6.15. The smallest absolute Gasteiger partial charge is 0.410 e. The van der Waals surface area contributed by atoms with Gasteiger partial charge in [-0.25, -0.2) is 4.79 Å². The van der Waals surface area contributed by atoms with Gasteiger partial charge in [-0.05, 0) is 51.5 Å². The summed E-state index contributed by atoms with van der Waals surface area (Å²) >= 11 is 0. The van der Waals surface area contributed by atoms with E-state index in [9.17, 15) is 4.79 Å². The molecule has 0 aromatic heterocycles. The van der Waals surface area contributed by atoms with Crippen molar-refractivity contribution >= 4 is 6.09 Å². The molecule has 100 valence electrons. The molecule has 3 heteroatoms. The monoisotopic (exact) mass is 249 g/mol. The van der Waals surface area contributed by atoms with Crippen LogP contribution in [0.15, 0.2) is 23.8 Å². The Balaban J connectivity index is 1.82. The van der Waals surface area contributed by atoms with Crippen LogP contribution in [0.5, 0.6) is 0 Å². The molecule has 0 aromatic carbocycles. The van der Waals surface area contributed by atoms with Gasteiger partial charge in [0.2, 0.25) is 0 Å². The number of ether oxygens (including phenoxy) is 1. The molecule has 0 saturated heterocycles. The molecule has 3 nitrogen and oxygen atoms in total. The summed E-state index contributed by atoms with van der Waals surface area (Å²) < 4.78 is 5.36. The lowest BCUT2D eigenvalue weighted by Gasteiger charge is -2.29. The van der Waals surface area contributed by atoms with E-state index in [1.54, 1.807) is 4.90 Å². The van der Waals surface area contributed by atoms with E-state index in [1.165, 1.54) is 18.4 Å². The van der Waals surface area contributed by atoms with Crippen LogP contribution in [-0.4, -0.2) is 29.7 Å². The molecule has 1 aliphatic heterocycles. The lowest BCUT2D eigenvalue weighted by molar-refractivity contribution is 0.0267. The minimum atomic E-state index is -0.410. The third-order valence-corrected chi connectivity index (χ3v) is 3.10. The Morgan fingerprint density at radius 1 is 1.44 bits per heavy atom. The van der Waals surface area contributed by atoms with Gasteiger partial charge in [-0.3, -0.25) is 0 Å². The third kappa shape index (κ3) is 4.21. The van der Waals surface area contributed by atoms with Crippen LogP contribution >= 0.6 is 0 Å². The van der Waals surface area contributed by atoms with Crippen LogP contribution in [0, 0.1) is 5.92 Å². The zero-order valence-electron chi connectivity index (χ0n) is 11.6. The Morgan fingerprint density at radius 3 is 2.67 bits per heavy atom. The Labute approximate surface area is 109 Å². The van der Waals surface area contributed by atoms with Gasteiger partial charge >= 0.3 is 6.09 Å². The molecule has 2 rings (SSSR count). The maximum atomic E-state index is 11.9. The van der Waals surface area contributed by atoms with E-state index in [-0.39, 0.29) is 6.09 Å². The van der Waals surface area contributed by atoms with Gasteiger partial charge in [0.1, 0.15) is 5.60 Å². The first kappa shape index (κ1) is 13.2. The van der Waals surface area contributed by atoms with Crippen molar-refractivity contribution in [1.82, 2.24) is 4.90 Å². The summed E-state index contributed by atoms with van der Waals surface area (Å²) in [7, 11) is 0. The molecular formula is C15H23NO2. The molecule has 1 heterocycles. The maximum Gasteiger partial charge on any atom is 0.410 e. The van der Waals surface area contributed by atoms with Crippen molar-refractivity contribution in [2.75, 3.05) is 13.1 Å². The zero-order chi connectivity index (χ0) is 13.2. The molecule has 0 N–H and O–H groups in total. The number of carbonyl (C=O) groups is 1. The maximum absolute atomic E-state index is 11.9. The average Bonchev–Trinajstić information content (AvgIpc) is 3.08. The van der Waals surface area contributed by atoms with E-state index < -0.39 is 5.60 Å². The fraction of sp³-hybridized carbons (Fsp3) is 0.667. The highest BCUT2D eigenvalue weighted by atomic mass is 16.6. The summed E-state index contributed by atoms with van der Waals surface area (Å²) in [5, 5.41) is 0. The first-order valence-electron chi connectivity index (χ1n) is 6.79. The van der Waals surface area contributed by atoms with Crippen LogP contribution < -0.4 is 0 Å². The van der Waals surface area contributed by atoms with Crippen LogP contribution in [0.2, 0.25) is 0 Å². The van der Waals surface area contributed by atoms with Gasteiger partial charge in [-0.2, -0.15) is 0 Å². The number of nitrogens with zero attached hydrogens (tertiary/aromatic N) is 1. The minimum absolute atomic E-state index is 0.205. The summed E-state index contributed by atoms with van der Waals surface area (Å²) in [6.07, 6.45) is 10.1. The Bertz CT molecular complexity index is 372. The number of carbonyl (C=O) groups excluding carboxylic acids is 1. The molecular weight excluding hydrogens is 226 g/mol. The van der Waals surface area contributed by atoms with Gasteiger partial charge in [0.05, 0.1) is 0 Å². The minimum Gasteiger partial charge on any atom is -0.444 e. The van der Waals surface area contributed by atoms with Crippen molar-refractivity contribution in [2.24, 2.45) is 5.92 Å². The molecule has 0 bridgehead atoms. The summed E-state index contributed by atoms with van der Waals surface area (Å²) in [5.41, 5.74) is 0.939. The fourth-order valence-electron chi connectivity index (χ4n) is 1.88. The first-order chi connectivity index (χ1) is 8.44. The number of rotatable bonds is 2. The highest BCUT2D eigenvalue weighted by Crippen LogP contribution is 2.30. The van der Waals surface area contributed by atoms with Gasteiger partial charge in [-0.15, -0.1) is 0 Å². The largest absolute Gasteiger partial charge is 0.444 e. The van der Waals surface area contributed by atoms with Crippen LogP contribution in [-0.2, 0) is 4.74 Å². The molecule has 1 aliphatic carbocycles. The van der Waals surface area contributed by atoms with Gasteiger partial charge in [0, 0.05) is 13.1 Å². The highest BCUT2D eigenvalue weighted by molar-refractivity contribution is 5.68. The second kappa shape index (κ2) is 5.17. The summed E-state index contributed by atoms with van der Waals surface area (Å²) in [6.45, 7) is 7.12. The van der Waals surface area contributed by atoms with Crippen molar-refractivity contribution in [3.63, 3.8) is 0 Å². The van der Waals surface area contributed by atoms with Gasteiger partial charge in [-0.1, -0.05) is 18.2 Å². The van der Waals surface area contributed by atoms with Crippen molar-refractivity contribution in [3.8, 4) is 0 Å². The number of hydrogen-bond acceptors (Lipinski definition) is 2. The molecule has 0 radical (unpaired) electrons. The lowest BCUT2D eigenvalue weighted by Crippen LogP contribution is -2.39. The predicted octanol–water partition coefficient (Wildman–Crippen LogP) is 3.52. The van der Waals surface area contributed by atoms with Gasteiger partial charge in [0.15, 0.2) is 0 Å². The standard InChI is InChI=1S/C15H23NO2/c1-15(2,3)18-14(17)16-10-8-13(9-11-16)7-6-12-4-5-12/h6-8,12H,4-5,9-11H2,1-3H3. The second-order valence-corrected chi connectivity index (χ2v) is 6.15. The molecule has 0 spiro atoms. The van der Waals surface area contributed by atoms with E-state index in [4.69, 9.17) is 4.74 Å². The molecule has 1 fully saturated rings. The Kier molecular flexibility index (Phi) is 3.79. The Morgan fingerprint density at radius 2 is 2.17 bits per heavy atom. The molecule has 1 amide bonds. The van der Waals surface area contributed by atoms with Crippen LogP contribution in [0.4, 0.5) is 4.79 Å². The topological polar surface area (TPSA) is 29.5 Å². The fourth-order valence-corrected chi connectivity index (χ4v) is 1.88. The van der Waals surface area contributed by atoms with E-state index in [2.05, 4.69) is 18.2 Å². The van der Waals surface area contributed by atoms with Gasteiger partial charge in [0.25, 0.3) is 0 Å². The number of allylic oxidation sites excluding steroid dienone is 2.